The van der Waals surface area contributed by atoms with E-state index >= 15 is 0 Å². The van der Waals surface area contributed by atoms with Gasteiger partial charge in [-0.2, -0.15) is 0 Å². The van der Waals surface area contributed by atoms with Gasteiger partial charge >= 0.3 is 24.1 Å². The third-order valence-corrected chi connectivity index (χ3v) is 3.67. The van der Waals surface area contributed by atoms with Crippen molar-refractivity contribution >= 4 is 24.1 Å². The third-order valence-electron chi connectivity index (χ3n) is 3.67. The van der Waals surface area contributed by atoms with E-state index in [-0.39, 0.29) is 11.1 Å². The van der Waals surface area contributed by atoms with Crippen molar-refractivity contribution < 1.29 is 38.1 Å². The Morgan fingerprint density at radius 2 is 0.875 bits per heavy atom. The molecule has 0 aliphatic rings. The van der Waals surface area contributed by atoms with Crippen molar-refractivity contribution in [1.82, 2.24) is 10.6 Å². The van der Waals surface area contributed by atoms with Crippen LogP contribution < -0.4 is 10.6 Å². The quantitative estimate of drug-likeness (QED) is 0.165. The largest absolute Gasteiger partial charge is 0.415 e. The van der Waals surface area contributed by atoms with Crippen LogP contribution in [0.15, 0.2) is 49.4 Å². The predicted molar refractivity (Wildman–Crippen MR) is 117 cm³/mol. The van der Waals surface area contributed by atoms with Gasteiger partial charge in [-0.15, -0.1) is 0 Å². The highest BCUT2D eigenvalue weighted by Gasteiger charge is 2.12. The van der Waals surface area contributed by atoms with E-state index in [1.807, 2.05) is 0 Å². The zero-order valence-electron chi connectivity index (χ0n) is 18.8. The van der Waals surface area contributed by atoms with Crippen molar-refractivity contribution in [2.24, 2.45) is 0 Å². The minimum Gasteiger partial charge on any atom is -0.390 e. The van der Waals surface area contributed by atoms with E-state index in [0.717, 1.165) is 38.5 Å². The molecule has 0 saturated heterocycles. The van der Waals surface area contributed by atoms with E-state index < -0.39 is 36.0 Å². The predicted octanol–water partition coefficient (Wildman–Crippen LogP) is 3.96. The van der Waals surface area contributed by atoms with Crippen LogP contribution in [0.4, 0.5) is 9.59 Å². The van der Waals surface area contributed by atoms with Gasteiger partial charge in [-0.1, -0.05) is 38.8 Å². The smallest absolute Gasteiger partial charge is 0.390 e. The maximum Gasteiger partial charge on any atom is 0.415 e. The van der Waals surface area contributed by atoms with Crippen LogP contribution in [-0.2, 0) is 28.5 Å². The van der Waals surface area contributed by atoms with Gasteiger partial charge < -0.3 is 29.6 Å². The highest BCUT2D eigenvalue weighted by molar-refractivity contribution is 5.88. The van der Waals surface area contributed by atoms with E-state index in [0.29, 0.717) is 13.1 Å². The lowest BCUT2D eigenvalue weighted by Crippen LogP contribution is -2.26. The Hall–Kier alpha value is -3.56. The molecule has 0 aliphatic carbocycles. The highest BCUT2D eigenvalue weighted by atomic mass is 16.7. The molecule has 0 rings (SSSR count). The van der Waals surface area contributed by atoms with Gasteiger partial charge in [0.25, 0.3) is 11.9 Å². The number of esters is 2. The summed E-state index contributed by atoms with van der Waals surface area (Å²) in [5.41, 5.74) is 0.330. The molecular weight excluding hydrogens is 420 g/mol. The molecule has 0 atom stereocenters. The molecular formula is C22H32N2O8. The number of alkyl carbamates (subject to hydrolysis) is 2. The van der Waals surface area contributed by atoms with Crippen molar-refractivity contribution in [2.75, 3.05) is 13.1 Å². The van der Waals surface area contributed by atoms with Crippen LogP contribution in [0.5, 0.6) is 0 Å². The van der Waals surface area contributed by atoms with Crippen LogP contribution in [0, 0.1) is 0 Å². The second kappa shape index (κ2) is 16.2. The van der Waals surface area contributed by atoms with E-state index in [1.165, 1.54) is 13.8 Å². The van der Waals surface area contributed by atoms with Gasteiger partial charge in [-0.3, -0.25) is 0 Å². The van der Waals surface area contributed by atoms with Gasteiger partial charge in [0.15, 0.2) is 0 Å². The van der Waals surface area contributed by atoms with Gasteiger partial charge in [-0.05, 0) is 39.8 Å². The molecule has 0 bridgehead atoms. The van der Waals surface area contributed by atoms with Crippen LogP contribution in [0.2, 0.25) is 0 Å². The summed E-state index contributed by atoms with van der Waals surface area (Å²) in [7, 11) is 0. The lowest BCUT2D eigenvalue weighted by Gasteiger charge is -2.09. The molecule has 0 saturated carbocycles. The molecule has 0 unspecified atom stereocenters. The SMILES string of the molecule is C=C(OC(=O)NCCCCCCCCNC(=O)OC(=C)OC(=O)C(=C)C)OC(=O)C(=C)C. The number of hydrogen-bond acceptors (Lipinski definition) is 8. The lowest BCUT2D eigenvalue weighted by molar-refractivity contribution is -0.139. The van der Waals surface area contributed by atoms with Crippen LogP contribution in [0.25, 0.3) is 0 Å². The lowest BCUT2D eigenvalue weighted by atomic mass is 10.1. The number of carbonyl (C=O) groups excluding carboxylic acids is 4. The molecule has 0 aliphatic heterocycles. The third kappa shape index (κ3) is 15.3. The molecule has 0 aromatic carbocycles. The molecule has 178 valence electrons. The van der Waals surface area contributed by atoms with E-state index in [4.69, 9.17) is 9.47 Å². The summed E-state index contributed by atoms with van der Waals surface area (Å²) in [4.78, 5) is 45.6. The van der Waals surface area contributed by atoms with Gasteiger partial charge in [-0.25, -0.2) is 19.2 Å². The van der Waals surface area contributed by atoms with Crippen LogP contribution in [0.1, 0.15) is 52.4 Å². The van der Waals surface area contributed by atoms with Gasteiger partial charge in [0.05, 0.1) is 0 Å². The zero-order chi connectivity index (χ0) is 24.5. The molecule has 2 amide bonds. The average molecular weight is 453 g/mol. The first kappa shape index (κ1) is 28.4. The van der Waals surface area contributed by atoms with Crippen molar-refractivity contribution in [3.8, 4) is 0 Å². The number of carbonyl (C=O) groups is 4. The number of hydrogen-bond donors (Lipinski definition) is 2. The number of rotatable bonds is 15. The number of amides is 2. The Kier molecular flexibility index (Phi) is 14.4. The summed E-state index contributed by atoms with van der Waals surface area (Å²) < 4.78 is 18.7. The molecule has 2 N–H and O–H groups in total. The summed E-state index contributed by atoms with van der Waals surface area (Å²) in [6, 6.07) is 0. The molecule has 0 heterocycles. The molecule has 32 heavy (non-hydrogen) atoms. The first-order chi connectivity index (χ1) is 15.0. The van der Waals surface area contributed by atoms with Gasteiger partial charge in [0.1, 0.15) is 0 Å². The van der Waals surface area contributed by atoms with E-state index in [1.54, 1.807) is 0 Å². The fraction of sp³-hybridized carbons (Fsp3) is 0.455. The normalized spacial score (nSPS) is 9.69. The first-order valence-corrected chi connectivity index (χ1v) is 10.1. The molecule has 0 spiro atoms. The fourth-order valence-corrected chi connectivity index (χ4v) is 2.04. The fourth-order valence-electron chi connectivity index (χ4n) is 2.04. The minimum absolute atomic E-state index is 0.165. The Morgan fingerprint density at radius 3 is 1.19 bits per heavy atom. The summed E-state index contributed by atoms with van der Waals surface area (Å²) in [5, 5.41) is 5.07. The number of nitrogens with one attached hydrogen (secondary N) is 2. The zero-order valence-corrected chi connectivity index (χ0v) is 18.8. The number of ether oxygens (including phenoxy) is 4. The van der Waals surface area contributed by atoms with Gasteiger partial charge in [0, 0.05) is 24.2 Å². The second-order valence-electron chi connectivity index (χ2n) is 6.84. The molecule has 0 aromatic rings. The van der Waals surface area contributed by atoms with Crippen molar-refractivity contribution in [3.05, 3.63) is 49.4 Å². The topological polar surface area (TPSA) is 129 Å². The first-order valence-electron chi connectivity index (χ1n) is 10.1. The van der Waals surface area contributed by atoms with E-state index in [2.05, 4.69) is 46.4 Å². The standard InChI is InChI=1S/C22H32N2O8/c1-15(2)19(25)29-17(5)31-21(27)23-13-11-9-7-8-10-12-14-24-22(28)32-18(6)30-20(26)16(3)4/h1,3,5-14H2,2,4H3,(H,23,27)(H,24,28). The Bertz CT molecular complexity index is 680. The molecule has 0 fully saturated rings. The Labute approximate surface area is 188 Å². The second-order valence-corrected chi connectivity index (χ2v) is 6.84. The maximum absolute atomic E-state index is 11.5. The Morgan fingerprint density at radius 1 is 0.562 bits per heavy atom. The maximum atomic E-state index is 11.5. The van der Waals surface area contributed by atoms with Crippen LogP contribution >= 0.6 is 0 Å². The average Bonchev–Trinajstić information content (AvgIpc) is 2.68. The molecule has 10 nitrogen and oxygen atoms in total. The highest BCUT2D eigenvalue weighted by Crippen LogP contribution is 2.06. The van der Waals surface area contributed by atoms with Gasteiger partial charge in [0.2, 0.25) is 0 Å². The number of unbranched alkanes of at least 4 members (excludes halogenated alkanes) is 5. The summed E-state index contributed by atoms with van der Waals surface area (Å²) in [5.74, 6) is -2.26. The van der Waals surface area contributed by atoms with Crippen molar-refractivity contribution in [1.29, 1.82) is 0 Å². The van der Waals surface area contributed by atoms with E-state index in [9.17, 15) is 19.2 Å². The molecule has 10 heteroatoms. The summed E-state index contributed by atoms with van der Waals surface area (Å²) in [6.07, 6.45) is 3.71. The Balaban J connectivity index is 3.63. The summed E-state index contributed by atoms with van der Waals surface area (Å²) >= 11 is 0. The summed E-state index contributed by atoms with van der Waals surface area (Å²) in [6.45, 7) is 17.2. The molecule has 0 aromatic heterocycles. The minimum atomic E-state index is -0.750. The monoisotopic (exact) mass is 452 g/mol. The van der Waals surface area contributed by atoms with Crippen molar-refractivity contribution in [2.45, 2.75) is 52.4 Å². The van der Waals surface area contributed by atoms with Crippen LogP contribution in [-0.4, -0.2) is 37.2 Å². The van der Waals surface area contributed by atoms with Crippen LogP contribution in [0.3, 0.4) is 0 Å². The molecule has 0 radical (unpaired) electrons. The van der Waals surface area contributed by atoms with Crippen molar-refractivity contribution in [3.63, 3.8) is 0 Å².